The van der Waals surface area contributed by atoms with Crippen LogP contribution in [0.1, 0.15) is 13.8 Å². The molecule has 1 rings (SSSR count). The molecule has 6 heteroatoms. The van der Waals surface area contributed by atoms with Gasteiger partial charge in [0, 0.05) is 18.4 Å². The van der Waals surface area contributed by atoms with Crippen molar-refractivity contribution in [1.82, 2.24) is 4.90 Å². The van der Waals surface area contributed by atoms with Gasteiger partial charge in [0.2, 0.25) is 0 Å². The van der Waals surface area contributed by atoms with Crippen LogP contribution in [0.25, 0.3) is 0 Å². The summed E-state index contributed by atoms with van der Waals surface area (Å²) in [6.45, 7) is 4.17. The van der Waals surface area contributed by atoms with Crippen molar-refractivity contribution >= 4 is 17.7 Å². The number of amides is 1. The zero-order valence-corrected chi connectivity index (χ0v) is 9.41. The molecule has 0 atom stereocenters. The first-order valence-corrected chi connectivity index (χ1v) is 5.44. The third-order valence-electron chi connectivity index (χ3n) is 1.72. The van der Waals surface area contributed by atoms with Crippen molar-refractivity contribution < 1.29 is 9.72 Å². The molecular formula is C9H12N2O3S. The highest BCUT2D eigenvalue weighted by molar-refractivity contribution is 8.03. The summed E-state index contributed by atoms with van der Waals surface area (Å²) in [5.74, 6) is 0.523. The molecule has 1 aliphatic heterocycles. The van der Waals surface area contributed by atoms with Crippen molar-refractivity contribution in [3.63, 3.8) is 0 Å². The second kappa shape index (κ2) is 4.97. The van der Waals surface area contributed by atoms with Gasteiger partial charge in [-0.3, -0.25) is 19.8 Å². The van der Waals surface area contributed by atoms with E-state index >= 15 is 0 Å². The van der Waals surface area contributed by atoms with Gasteiger partial charge < -0.3 is 0 Å². The van der Waals surface area contributed by atoms with Gasteiger partial charge in [0.05, 0.1) is 4.92 Å². The minimum Gasteiger partial charge on any atom is -0.297 e. The number of hydrogen-bond donors (Lipinski definition) is 0. The number of carbonyl (C=O) groups is 1. The first-order chi connectivity index (χ1) is 7.00. The fourth-order valence-electron chi connectivity index (χ4n) is 1.17. The third-order valence-corrected chi connectivity index (χ3v) is 2.73. The Morgan fingerprint density at radius 1 is 1.60 bits per heavy atom. The highest BCUT2D eigenvalue weighted by Crippen LogP contribution is 2.27. The van der Waals surface area contributed by atoms with E-state index in [-0.39, 0.29) is 5.91 Å². The van der Waals surface area contributed by atoms with E-state index in [2.05, 4.69) is 0 Å². The van der Waals surface area contributed by atoms with Gasteiger partial charge in [0.25, 0.3) is 12.1 Å². The summed E-state index contributed by atoms with van der Waals surface area (Å²) in [4.78, 5) is 22.8. The number of thioether (sulfide) groups is 1. The minimum absolute atomic E-state index is 0.187. The number of allylic oxidation sites excluding steroid dienone is 1. The van der Waals surface area contributed by atoms with Crippen LogP contribution in [-0.2, 0) is 4.79 Å². The molecule has 1 amide bonds. The zero-order valence-electron chi connectivity index (χ0n) is 8.60. The molecule has 0 aromatic heterocycles. The maximum Gasteiger partial charge on any atom is 0.264 e. The first-order valence-electron chi connectivity index (χ1n) is 4.45. The lowest BCUT2D eigenvalue weighted by atomic mass is 10.3. The minimum atomic E-state index is -0.531. The topological polar surface area (TPSA) is 63.5 Å². The van der Waals surface area contributed by atoms with Gasteiger partial charge in [-0.2, -0.15) is 0 Å². The van der Waals surface area contributed by atoms with Crippen LogP contribution >= 0.6 is 11.8 Å². The summed E-state index contributed by atoms with van der Waals surface area (Å²) in [6.07, 6.45) is 2.37. The quantitative estimate of drug-likeness (QED) is 0.409. The van der Waals surface area contributed by atoms with Crippen LogP contribution in [0.2, 0.25) is 0 Å². The SMILES string of the molecule is CC(C)=CC(=O)N1CCS/C1=C\[N+](=O)[O-]. The Balaban J connectivity index is 2.82. The van der Waals surface area contributed by atoms with E-state index in [1.54, 1.807) is 0 Å². The Labute approximate surface area is 92.0 Å². The monoisotopic (exact) mass is 228 g/mol. The molecule has 0 aromatic rings. The number of nitrogens with zero attached hydrogens (tertiary/aromatic N) is 2. The highest BCUT2D eigenvalue weighted by Gasteiger charge is 2.25. The molecule has 1 aliphatic rings. The van der Waals surface area contributed by atoms with E-state index in [4.69, 9.17) is 0 Å². The van der Waals surface area contributed by atoms with Crippen LogP contribution in [0, 0.1) is 10.1 Å². The number of carbonyl (C=O) groups excluding carboxylic acids is 1. The van der Waals surface area contributed by atoms with Crippen LogP contribution in [0.15, 0.2) is 22.9 Å². The summed E-state index contributed by atoms with van der Waals surface area (Å²) in [6, 6.07) is 0. The Bertz CT molecular complexity index is 345. The Hall–Kier alpha value is -1.30. The van der Waals surface area contributed by atoms with Crippen molar-refractivity contribution in [3.05, 3.63) is 33.0 Å². The summed E-state index contributed by atoms with van der Waals surface area (Å²) in [7, 11) is 0. The molecule has 0 saturated carbocycles. The predicted molar refractivity (Wildman–Crippen MR) is 58.7 cm³/mol. The molecule has 82 valence electrons. The molecule has 1 fully saturated rings. The second-order valence-corrected chi connectivity index (χ2v) is 4.43. The highest BCUT2D eigenvalue weighted by atomic mass is 32.2. The fourth-order valence-corrected chi connectivity index (χ4v) is 2.15. The average molecular weight is 228 g/mol. The largest absolute Gasteiger partial charge is 0.297 e. The Morgan fingerprint density at radius 3 is 2.80 bits per heavy atom. The molecule has 0 N–H and O–H groups in total. The van der Waals surface area contributed by atoms with Crippen LogP contribution in [0.3, 0.4) is 0 Å². The van der Waals surface area contributed by atoms with Crippen molar-refractivity contribution in [3.8, 4) is 0 Å². The van der Waals surface area contributed by atoms with Gasteiger partial charge in [-0.1, -0.05) is 5.57 Å². The summed E-state index contributed by atoms with van der Waals surface area (Å²) >= 11 is 1.33. The summed E-state index contributed by atoms with van der Waals surface area (Å²) < 4.78 is 0. The van der Waals surface area contributed by atoms with Crippen molar-refractivity contribution in [1.29, 1.82) is 0 Å². The Morgan fingerprint density at radius 2 is 2.27 bits per heavy atom. The molecular weight excluding hydrogens is 216 g/mol. The Kier molecular flexibility index (Phi) is 3.90. The molecule has 0 unspecified atom stereocenters. The standard InChI is InChI=1S/C9H12N2O3S/c1-7(2)5-8(12)10-3-4-15-9(10)6-11(13)14/h5-6H,3-4H2,1-2H3/b9-6-. The van der Waals surface area contributed by atoms with Gasteiger partial charge in [0.15, 0.2) is 0 Å². The predicted octanol–water partition coefficient (Wildman–Crippen LogP) is 1.60. The lowest BCUT2D eigenvalue weighted by Gasteiger charge is -2.12. The summed E-state index contributed by atoms with van der Waals surface area (Å²) in [5, 5.41) is 10.7. The molecule has 0 aliphatic carbocycles. The molecule has 1 heterocycles. The zero-order chi connectivity index (χ0) is 11.4. The number of rotatable bonds is 2. The summed E-state index contributed by atoms with van der Waals surface area (Å²) in [5.41, 5.74) is 0.886. The molecule has 1 saturated heterocycles. The van der Waals surface area contributed by atoms with Gasteiger partial charge in [0.1, 0.15) is 5.03 Å². The van der Waals surface area contributed by atoms with Crippen molar-refractivity contribution in [2.45, 2.75) is 13.8 Å². The van der Waals surface area contributed by atoms with Gasteiger partial charge in [-0.15, -0.1) is 11.8 Å². The molecule has 15 heavy (non-hydrogen) atoms. The van der Waals surface area contributed by atoms with E-state index in [0.29, 0.717) is 17.3 Å². The van der Waals surface area contributed by atoms with Crippen LogP contribution in [0.5, 0.6) is 0 Å². The lowest BCUT2D eigenvalue weighted by Crippen LogP contribution is -2.25. The molecule has 0 spiro atoms. The van der Waals surface area contributed by atoms with E-state index < -0.39 is 4.92 Å². The molecule has 5 nitrogen and oxygen atoms in total. The maximum atomic E-state index is 11.6. The van der Waals surface area contributed by atoms with Crippen molar-refractivity contribution in [2.75, 3.05) is 12.3 Å². The fraction of sp³-hybridized carbons (Fsp3) is 0.444. The van der Waals surface area contributed by atoms with Gasteiger partial charge >= 0.3 is 0 Å². The van der Waals surface area contributed by atoms with Gasteiger partial charge in [-0.05, 0) is 13.8 Å². The van der Waals surface area contributed by atoms with Crippen LogP contribution in [-0.4, -0.2) is 28.0 Å². The second-order valence-electron chi connectivity index (χ2n) is 3.31. The normalized spacial score (nSPS) is 18.0. The third kappa shape index (κ3) is 3.39. The van der Waals surface area contributed by atoms with Gasteiger partial charge in [-0.25, -0.2) is 0 Å². The van der Waals surface area contributed by atoms with Crippen molar-refractivity contribution in [2.24, 2.45) is 0 Å². The lowest BCUT2D eigenvalue weighted by molar-refractivity contribution is -0.403. The van der Waals surface area contributed by atoms with Crippen LogP contribution < -0.4 is 0 Å². The van der Waals surface area contributed by atoms with E-state index in [1.807, 2.05) is 13.8 Å². The molecule has 0 radical (unpaired) electrons. The van der Waals surface area contributed by atoms with E-state index in [0.717, 1.165) is 11.8 Å². The average Bonchev–Trinajstić information content (AvgIpc) is 2.49. The maximum absolute atomic E-state index is 11.6. The first kappa shape index (κ1) is 11.8. The number of hydrogen-bond acceptors (Lipinski definition) is 4. The number of nitro groups is 1. The van der Waals surface area contributed by atoms with Crippen LogP contribution in [0.4, 0.5) is 0 Å². The van der Waals surface area contributed by atoms with E-state index in [9.17, 15) is 14.9 Å². The van der Waals surface area contributed by atoms with E-state index in [1.165, 1.54) is 22.7 Å². The molecule has 0 bridgehead atoms. The molecule has 0 aromatic carbocycles. The smallest absolute Gasteiger partial charge is 0.264 e.